The highest BCUT2D eigenvalue weighted by atomic mass is 16.3. The highest BCUT2D eigenvalue weighted by molar-refractivity contribution is 5.94. The van der Waals surface area contributed by atoms with Crippen LogP contribution in [0.5, 0.6) is 0 Å². The van der Waals surface area contributed by atoms with Crippen LogP contribution in [0.2, 0.25) is 0 Å². The molecule has 0 aliphatic rings. The smallest absolute Gasteiger partial charge is 0.228 e. The molecule has 1 amide bonds. The quantitative estimate of drug-likeness (QED) is 0.550. The predicted molar refractivity (Wildman–Crippen MR) is 113 cm³/mol. The van der Waals surface area contributed by atoms with Crippen molar-refractivity contribution < 1.29 is 9.21 Å². The Labute approximate surface area is 163 Å². The molecule has 1 N–H and O–H groups in total. The van der Waals surface area contributed by atoms with Gasteiger partial charge >= 0.3 is 0 Å². The van der Waals surface area contributed by atoms with Crippen LogP contribution in [0.1, 0.15) is 5.56 Å². The fraction of sp³-hybridized carbons (Fsp3) is 0.130. The largest absolute Gasteiger partial charge is 0.436 e. The highest BCUT2D eigenvalue weighted by Crippen LogP contribution is 2.27. The van der Waals surface area contributed by atoms with Gasteiger partial charge in [-0.25, -0.2) is 4.98 Å². The lowest BCUT2D eigenvalue weighted by Gasteiger charge is -2.11. The number of amides is 1. The summed E-state index contributed by atoms with van der Waals surface area (Å²) in [6.45, 7) is 0. The summed E-state index contributed by atoms with van der Waals surface area (Å²) >= 11 is 0. The van der Waals surface area contributed by atoms with Crippen LogP contribution in [-0.4, -0.2) is 25.0 Å². The van der Waals surface area contributed by atoms with Gasteiger partial charge in [0.15, 0.2) is 5.58 Å². The summed E-state index contributed by atoms with van der Waals surface area (Å²) in [5.41, 5.74) is 5.11. The Hall–Kier alpha value is -3.60. The van der Waals surface area contributed by atoms with E-state index in [1.54, 1.807) is 0 Å². The van der Waals surface area contributed by atoms with Gasteiger partial charge in [0.05, 0.1) is 6.42 Å². The summed E-state index contributed by atoms with van der Waals surface area (Å²) in [6, 6.07) is 23.2. The van der Waals surface area contributed by atoms with Crippen molar-refractivity contribution in [2.24, 2.45) is 0 Å². The third kappa shape index (κ3) is 3.88. The number of carbonyl (C=O) groups excluding carboxylic acids is 1. The zero-order chi connectivity index (χ0) is 19.5. The number of fused-ring (bicyclic) bond motifs is 1. The van der Waals surface area contributed by atoms with E-state index in [0.29, 0.717) is 29.1 Å². The molecule has 0 aliphatic heterocycles. The second kappa shape index (κ2) is 7.56. The molecule has 0 saturated carbocycles. The molecule has 0 radical (unpaired) electrons. The van der Waals surface area contributed by atoms with Crippen molar-refractivity contribution in [2.75, 3.05) is 24.3 Å². The van der Waals surface area contributed by atoms with E-state index in [1.165, 1.54) is 0 Å². The van der Waals surface area contributed by atoms with Gasteiger partial charge in [-0.15, -0.1) is 0 Å². The molecule has 5 nitrogen and oxygen atoms in total. The molecule has 0 unspecified atom stereocenters. The third-order valence-corrected chi connectivity index (χ3v) is 4.51. The maximum absolute atomic E-state index is 12.3. The number of rotatable bonds is 5. The molecule has 1 aromatic heterocycles. The Morgan fingerprint density at radius 2 is 1.75 bits per heavy atom. The minimum Gasteiger partial charge on any atom is -0.436 e. The van der Waals surface area contributed by atoms with E-state index in [2.05, 4.69) is 10.3 Å². The van der Waals surface area contributed by atoms with Crippen molar-refractivity contribution in [3.05, 3.63) is 78.4 Å². The Morgan fingerprint density at radius 1 is 1.00 bits per heavy atom. The molecular weight excluding hydrogens is 350 g/mol. The van der Waals surface area contributed by atoms with Gasteiger partial charge in [0.2, 0.25) is 11.8 Å². The van der Waals surface area contributed by atoms with Gasteiger partial charge in [0.25, 0.3) is 0 Å². The first kappa shape index (κ1) is 17.8. The molecule has 5 heteroatoms. The van der Waals surface area contributed by atoms with E-state index in [1.807, 2.05) is 91.8 Å². The summed E-state index contributed by atoms with van der Waals surface area (Å²) in [4.78, 5) is 18.9. The normalized spacial score (nSPS) is 10.8. The van der Waals surface area contributed by atoms with Crippen molar-refractivity contribution in [2.45, 2.75) is 6.42 Å². The van der Waals surface area contributed by atoms with Crippen molar-refractivity contribution in [3.63, 3.8) is 0 Å². The van der Waals surface area contributed by atoms with Crippen LogP contribution in [0.4, 0.5) is 11.4 Å². The van der Waals surface area contributed by atoms with Gasteiger partial charge in [-0.05, 0) is 48.0 Å². The van der Waals surface area contributed by atoms with Crippen LogP contribution in [0.3, 0.4) is 0 Å². The maximum atomic E-state index is 12.3. The molecule has 140 valence electrons. The average molecular weight is 371 g/mol. The van der Waals surface area contributed by atoms with Gasteiger partial charge in [0.1, 0.15) is 5.52 Å². The van der Waals surface area contributed by atoms with Crippen molar-refractivity contribution >= 4 is 28.4 Å². The predicted octanol–water partition coefficient (Wildman–Crippen LogP) is 4.74. The topological polar surface area (TPSA) is 58.4 Å². The highest BCUT2D eigenvalue weighted by Gasteiger charge is 2.11. The fourth-order valence-electron chi connectivity index (χ4n) is 3.02. The number of oxazole rings is 1. The van der Waals surface area contributed by atoms with Gasteiger partial charge in [-0.2, -0.15) is 0 Å². The lowest BCUT2D eigenvalue weighted by Crippen LogP contribution is -2.14. The van der Waals surface area contributed by atoms with E-state index < -0.39 is 0 Å². The zero-order valence-corrected chi connectivity index (χ0v) is 15.8. The van der Waals surface area contributed by atoms with Gasteiger partial charge in [0, 0.05) is 31.0 Å². The third-order valence-electron chi connectivity index (χ3n) is 4.51. The molecule has 0 atom stereocenters. The molecule has 0 bridgehead atoms. The second-order valence-corrected chi connectivity index (χ2v) is 6.85. The monoisotopic (exact) mass is 371 g/mol. The van der Waals surface area contributed by atoms with Crippen LogP contribution in [-0.2, 0) is 11.2 Å². The molecular formula is C23H21N3O2. The lowest BCUT2D eigenvalue weighted by atomic mass is 10.1. The standard InChI is InChI=1S/C23H21N3O2/c1-26(2)19-11-8-17(9-12-19)23-25-20-15-18(10-13-21(20)28-23)24-22(27)14-16-6-4-3-5-7-16/h3-13,15H,14H2,1-2H3,(H,24,27). The summed E-state index contributed by atoms with van der Waals surface area (Å²) in [5, 5.41) is 2.93. The molecule has 0 spiro atoms. The Kier molecular flexibility index (Phi) is 4.81. The van der Waals surface area contributed by atoms with E-state index in [-0.39, 0.29) is 5.91 Å². The van der Waals surface area contributed by atoms with Crippen LogP contribution >= 0.6 is 0 Å². The number of aromatic nitrogens is 1. The molecule has 4 aromatic rings. The summed E-state index contributed by atoms with van der Waals surface area (Å²) in [5.74, 6) is 0.501. The minimum absolute atomic E-state index is 0.0615. The number of nitrogens with zero attached hydrogens (tertiary/aromatic N) is 2. The lowest BCUT2D eigenvalue weighted by molar-refractivity contribution is -0.115. The number of hydrogen-bond acceptors (Lipinski definition) is 4. The molecule has 0 aliphatic carbocycles. The average Bonchev–Trinajstić information content (AvgIpc) is 3.12. The molecule has 0 saturated heterocycles. The van der Waals surface area contributed by atoms with Crippen LogP contribution in [0, 0.1) is 0 Å². The minimum atomic E-state index is -0.0615. The first-order valence-corrected chi connectivity index (χ1v) is 9.10. The number of benzene rings is 3. The SMILES string of the molecule is CN(C)c1ccc(-c2nc3cc(NC(=O)Cc4ccccc4)ccc3o2)cc1. The summed E-state index contributed by atoms with van der Waals surface area (Å²) in [6.07, 6.45) is 0.334. The Balaban J connectivity index is 1.52. The molecule has 28 heavy (non-hydrogen) atoms. The summed E-state index contributed by atoms with van der Waals surface area (Å²) in [7, 11) is 4.00. The molecule has 1 heterocycles. The van der Waals surface area contributed by atoms with Gasteiger partial charge in [-0.3, -0.25) is 4.79 Å². The first-order chi connectivity index (χ1) is 13.6. The van der Waals surface area contributed by atoms with Crippen molar-refractivity contribution in [1.82, 2.24) is 4.98 Å². The Bertz CT molecular complexity index is 1100. The molecule has 4 rings (SSSR count). The maximum Gasteiger partial charge on any atom is 0.228 e. The van der Waals surface area contributed by atoms with Crippen LogP contribution in [0.25, 0.3) is 22.6 Å². The first-order valence-electron chi connectivity index (χ1n) is 9.10. The van der Waals surface area contributed by atoms with E-state index in [4.69, 9.17) is 4.42 Å². The number of anilines is 2. The summed E-state index contributed by atoms with van der Waals surface area (Å²) < 4.78 is 5.87. The van der Waals surface area contributed by atoms with Crippen molar-refractivity contribution in [1.29, 1.82) is 0 Å². The molecule has 0 fully saturated rings. The molecule has 3 aromatic carbocycles. The van der Waals surface area contributed by atoms with Crippen LogP contribution < -0.4 is 10.2 Å². The van der Waals surface area contributed by atoms with Gasteiger partial charge in [-0.1, -0.05) is 30.3 Å². The fourth-order valence-corrected chi connectivity index (χ4v) is 3.02. The van der Waals surface area contributed by atoms with Crippen molar-refractivity contribution in [3.8, 4) is 11.5 Å². The number of nitrogens with one attached hydrogen (secondary N) is 1. The second-order valence-electron chi connectivity index (χ2n) is 6.85. The van der Waals surface area contributed by atoms with E-state index in [0.717, 1.165) is 16.8 Å². The Morgan fingerprint density at radius 3 is 2.46 bits per heavy atom. The van der Waals surface area contributed by atoms with Crippen LogP contribution in [0.15, 0.2) is 77.2 Å². The number of hydrogen-bond donors (Lipinski definition) is 1. The zero-order valence-electron chi connectivity index (χ0n) is 15.8. The van der Waals surface area contributed by atoms with E-state index >= 15 is 0 Å². The van der Waals surface area contributed by atoms with E-state index in [9.17, 15) is 4.79 Å². The van der Waals surface area contributed by atoms with Gasteiger partial charge < -0.3 is 14.6 Å². The number of carbonyl (C=O) groups is 1.